The molecule has 1 aromatic carbocycles. The predicted octanol–water partition coefficient (Wildman–Crippen LogP) is 4.12. The third-order valence-corrected chi connectivity index (χ3v) is 6.35. The largest absolute Gasteiger partial charge is 0.301 e. The van der Waals surface area contributed by atoms with Gasteiger partial charge in [0.2, 0.25) is 5.91 Å². The van der Waals surface area contributed by atoms with E-state index in [0.29, 0.717) is 17.4 Å². The van der Waals surface area contributed by atoms with Gasteiger partial charge in [-0.1, -0.05) is 47.7 Å². The van der Waals surface area contributed by atoms with E-state index in [1.807, 2.05) is 74.3 Å². The van der Waals surface area contributed by atoms with Crippen molar-refractivity contribution in [3.05, 3.63) is 82.9 Å². The highest BCUT2D eigenvalue weighted by molar-refractivity contribution is 7.19. The first kappa shape index (κ1) is 24.4. The summed E-state index contributed by atoms with van der Waals surface area (Å²) in [5.74, 6) is -0.145. The minimum absolute atomic E-state index is 0.0728. The molecule has 3 aromatic heterocycles. The van der Waals surface area contributed by atoms with Gasteiger partial charge in [-0.05, 0) is 39.1 Å². The summed E-state index contributed by atoms with van der Waals surface area (Å²) in [7, 11) is 1.91. The molecule has 4 rings (SSSR count). The molecular formula is C26H28N6O2S. The molecule has 0 saturated carbocycles. The molecule has 0 aliphatic rings. The first-order valence-electron chi connectivity index (χ1n) is 11.5. The number of nitrogens with one attached hydrogen (secondary N) is 1. The number of carbonyl (C=O) groups excluding carboxylic acids is 1. The van der Waals surface area contributed by atoms with Crippen molar-refractivity contribution in [2.75, 3.05) is 25.5 Å². The Morgan fingerprint density at radius 3 is 2.57 bits per heavy atom. The maximum Gasteiger partial charge on any atom is 0.267 e. The number of aromatic nitrogens is 4. The van der Waals surface area contributed by atoms with E-state index in [2.05, 4.69) is 15.4 Å². The molecule has 0 aliphatic carbocycles. The zero-order valence-electron chi connectivity index (χ0n) is 20.0. The molecule has 0 saturated heterocycles. The number of amides is 1. The number of benzene rings is 1. The number of pyridine rings is 1. The topological polar surface area (TPSA) is 93.0 Å². The van der Waals surface area contributed by atoms with Crippen LogP contribution in [-0.2, 0) is 11.2 Å². The van der Waals surface area contributed by atoms with Crippen LogP contribution in [0.5, 0.6) is 0 Å². The molecule has 4 aromatic rings. The fourth-order valence-electron chi connectivity index (χ4n) is 3.59. The fraction of sp³-hybridized carbons (Fsp3) is 0.269. The van der Waals surface area contributed by atoms with Crippen molar-refractivity contribution in [2.24, 2.45) is 0 Å². The zero-order valence-corrected chi connectivity index (χ0v) is 20.8. The Bertz CT molecular complexity index is 1330. The number of carbonyl (C=O) groups is 1. The van der Waals surface area contributed by atoms with Crippen LogP contribution in [0, 0.1) is 0 Å². The van der Waals surface area contributed by atoms with Gasteiger partial charge in [-0.3, -0.25) is 19.5 Å². The number of likely N-dealkylation sites (N-methyl/N-ethyl adjacent to an activating group) is 1. The lowest BCUT2D eigenvalue weighted by molar-refractivity contribution is -0.117. The highest BCUT2D eigenvalue weighted by Gasteiger charge is 2.19. The highest BCUT2D eigenvalue weighted by atomic mass is 32.1. The molecule has 9 heteroatoms. The van der Waals surface area contributed by atoms with E-state index < -0.39 is 0 Å². The summed E-state index contributed by atoms with van der Waals surface area (Å²) in [5.41, 5.74) is 3.11. The molecule has 3 heterocycles. The van der Waals surface area contributed by atoms with E-state index in [1.165, 1.54) is 22.1 Å². The summed E-state index contributed by atoms with van der Waals surface area (Å²) in [6, 6.07) is 18.7. The maximum atomic E-state index is 12.8. The molecule has 180 valence electrons. The van der Waals surface area contributed by atoms with Gasteiger partial charge in [0.1, 0.15) is 5.69 Å². The van der Waals surface area contributed by atoms with Crippen molar-refractivity contribution in [1.82, 2.24) is 24.6 Å². The first-order chi connectivity index (χ1) is 16.9. The van der Waals surface area contributed by atoms with Gasteiger partial charge in [-0.15, -0.1) is 0 Å². The molecule has 35 heavy (non-hydrogen) atoms. The van der Waals surface area contributed by atoms with Crippen molar-refractivity contribution >= 4 is 22.4 Å². The second-order valence-corrected chi connectivity index (χ2v) is 9.51. The van der Waals surface area contributed by atoms with E-state index in [9.17, 15) is 9.59 Å². The van der Waals surface area contributed by atoms with E-state index in [0.717, 1.165) is 28.2 Å². The molecule has 0 aliphatic heterocycles. The average Bonchev–Trinajstić information content (AvgIpc) is 3.27. The second kappa shape index (κ2) is 11.2. The van der Waals surface area contributed by atoms with Crippen LogP contribution in [0.1, 0.15) is 25.6 Å². The number of rotatable bonds is 9. The Labute approximate surface area is 208 Å². The third kappa shape index (κ3) is 6.26. The van der Waals surface area contributed by atoms with Crippen molar-refractivity contribution in [1.29, 1.82) is 0 Å². The Morgan fingerprint density at radius 1 is 1.09 bits per heavy atom. The lowest BCUT2D eigenvalue weighted by Crippen LogP contribution is -2.31. The summed E-state index contributed by atoms with van der Waals surface area (Å²) < 4.78 is 1.46. The number of hydrogen-bond acceptors (Lipinski definition) is 7. The SMILES string of the molecule is CC(C)n1nc(-c2sc(NC(=O)CN(C)CCc3ccccn3)nc2-c2ccccc2)ccc1=O. The van der Waals surface area contributed by atoms with Gasteiger partial charge < -0.3 is 5.32 Å². The molecule has 0 fully saturated rings. The first-order valence-corrected chi connectivity index (χ1v) is 12.3. The van der Waals surface area contributed by atoms with Crippen LogP contribution in [0.3, 0.4) is 0 Å². The van der Waals surface area contributed by atoms with Crippen LogP contribution in [0.2, 0.25) is 0 Å². The Balaban J connectivity index is 1.54. The standard InChI is InChI=1S/C26H28N6O2S/c1-18(2)32-23(34)13-12-21(30-32)25-24(19-9-5-4-6-10-19)29-26(35-25)28-22(33)17-31(3)16-14-20-11-7-8-15-27-20/h4-13,15,18H,14,16-17H2,1-3H3,(H,28,29,33). The molecule has 0 atom stereocenters. The second-order valence-electron chi connectivity index (χ2n) is 8.51. The van der Waals surface area contributed by atoms with Crippen LogP contribution < -0.4 is 10.9 Å². The Hall–Kier alpha value is -3.69. The minimum Gasteiger partial charge on any atom is -0.301 e. The molecule has 1 amide bonds. The third-order valence-electron chi connectivity index (χ3n) is 5.36. The number of nitrogens with zero attached hydrogens (tertiary/aromatic N) is 5. The summed E-state index contributed by atoms with van der Waals surface area (Å²) >= 11 is 1.35. The minimum atomic E-state index is -0.156. The number of hydrogen-bond donors (Lipinski definition) is 1. The summed E-state index contributed by atoms with van der Waals surface area (Å²) in [4.78, 5) is 36.8. The van der Waals surface area contributed by atoms with Crippen molar-refractivity contribution in [3.63, 3.8) is 0 Å². The molecular weight excluding hydrogens is 460 g/mol. The number of thiazole rings is 1. The van der Waals surface area contributed by atoms with Gasteiger partial charge in [0, 0.05) is 36.5 Å². The van der Waals surface area contributed by atoms with E-state index >= 15 is 0 Å². The zero-order chi connectivity index (χ0) is 24.8. The predicted molar refractivity (Wildman–Crippen MR) is 139 cm³/mol. The van der Waals surface area contributed by atoms with Gasteiger partial charge in [0.05, 0.1) is 23.2 Å². The van der Waals surface area contributed by atoms with Crippen molar-refractivity contribution in [3.8, 4) is 21.8 Å². The van der Waals surface area contributed by atoms with E-state index in [-0.39, 0.29) is 24.1 Å². The Morgan fingerprint density at radius 2 is 1.86 bits per heavy atom. The smallest absolute Gasteiger partial charge is 0.267 e. The van der Waals surface area contributed by atoms with E-state index in [1.54, 1.807) is 12.3 Å². The fourth-order valence-corrected chi connectivity index (χ4v) is 4.56. The average molecular weight is 489 g/mol. The monoisotopic (exact) mass is 488 g/mol. The molecule has 0 spiro atoms. The van der Waals surface area contributed by atoms with Crippen molar-refractivity contribution < 1.29 is 4.79 Å². The summed E-state index contributed by atoms with van der Waals surface area (Å²) in [6.45, 7) is 4.78. The highest BCUT2D eigenvalue weighted by Crippen LogP contribution is 2.37. The van der Waals surface area contributed by atoms with E-state index in [4.69, 9.17) is 4.98 Å². The normalized spacial score (nSPS) is 11.2. The van der Waals surface area contributed by atoms with Crippen molar-refractivity contribution in [2.45, 2.75) is 26.3 Å². The summed E-state index contributed by atoms with van der Waals surface area (Å²) in [6.07, 6.45) is 2.54. The summed E-state index contributed by atoms with van der Waals surface area (Å²) in [5, 5.41) is 8.00. The van der Waals surface area contributed by atoms with Crippen LogP contribution in [0.15, 0.2) is 71.7 Å². The van der Waals surface area contributed by atoms with Crippen LogP contribution in [0.4, 0.5) is 5.13 Å². The molecule has 0 radical (unpaired) electrons. The molecule has 8 nitrogen and oxygen atoms in total. The van der Waals surface area contributed by atoms with Crippen LogP contribution in [-0.4, -0.2) is 50.7 Å². The van der Waals surface area contributed by atoms with Gasteiger partial charge in [0.25, 0.3) is 5.56 Å². The lowest BCUT2D eigenvalue weighted by Gasteiger charge is -2.15. The molecule has 0 unspecified atom stereocenters. The van der Waals surface area contributed by atoms with Gasteiger partial charge >= 0.3 is 0 Å². The van der Waals surface area contributed by atoms with Gasteiger partial charge in [-0.25, -0.2) is 9.67 Å². The maximum absolute atomic E-state index is 12.8. The van der Waals surface area contributed by atoms with Gasteiger partial charge in [0.15, 0.2) is 5.13 Å². The van der Waals surface area contributed by atoms with Crippen LogP contribution in [0.25, 0.3) is 21.8 Å². The Kier molecular flexibility index (Phi) is 7.79. The van der Waals surface area contributed by atoms with Gasteiger partial charge in [-0.2, -0.15) is 5.10 Å². The molecule has 1 N–H and O–H groups in total. The number of anilines is 1. The van der Waals surface area contributed by atoms with Crippen LogP contribution >= 0.6 is 11.3 Å². The lowest BCUT2D eigenvalue weighted by atomic mass is 10.1. The quantitative estimate of drug-likeness (QED) is 0.381. The molecule has 0 bridgehead atoms.